The molecule has 0 aromatic heterocycles. The SMILES string of the molecule is CN1CCC(O)CCC1C1CCC1. The molecule has 2 rings (SSSR count). The minimum Gasteiger partial charge on any atom is -0.393 e. The van der Waals surface area contributed by atoms with Gasteiger partial charge in [0, 0.05) is 12.6 Å². The van der Waals surface area contributed by atoms with Crippen molar-refractivity contribution in [2.45, 2.75) is 50.7 Å². The van der Waals surface area contributed by atoms with Crippen molar-refractivity contribution in [3.05, 3.63) is 0 Å². The molecular formula is C11H21NO. The van der Waals surface area contributed by atoms with Gasteiger partial charge in [0.1, 0.15) is 0 Å². The van der Waals surface area contributed by atoms with E-state index < -0.39 is 0 Å². The molecule has 0 aromatic carbocycles. The van der Waals surface area contributed by atoms with Crippen LogP contribution in [-0.2, 0) is 0 Å². The monoisotopic (exact) mass is 183 g/mol. The number of hydrogen-bond acceptors (Lipinski definition) is 2. The molecule has 1 saturated heterocycles. The Kier molecular flexibility index (Phi) is 2.89. The van der Waals surface area contributed by atoms with Gasteiger partial charge in [0.25, 0.3) is 0 Å². The van der Waals surface area contributed by atoms with Crippen LogP contribution in [0.3, 0.4) is 0 Å². The second-order valence-electron chi connectivity index (χ2n) is 4.76. The van der Waals surface area contributed by atoms with E-state index in [2.05, 4.69) is 11.9 Å². The highest BCUT2D eigenvalue weighted by molar-refractivity contribution is 4.86. The Hall–Kier alpha value is -0.0800. The zero-order valence-electron chi connectivity index (χ0n) is 8.58. The van der Waals surface area contributed by atoms with Gasteiger partial charge in [-0.1, -0.05) is 6.42 Å². The summed E-state index contributed by atoms with van der Waals surface area (Å²) in [6, 6.07) is 0.769. The van der Waals surface area contributed by atoms with Crippen molar-refractivity contribution in [2.75, 3.05) is 13.6 Å². The summed E-state index contributed by atoms with van der Waals surface area (Å²) in [5, 5.41) is 9.57. The van der Waals surface area contributed by atoms with Crippen molar-refractivity contribution in [2.24, 2.45) is 5.92 Å². The zero-order valence-corrected chi connectivity index (χ0v) is 8.58. The molecule has 2 unspecified atom stereocenters. The lowest BCUT2D eigenvalue weighted by Gasteiger charge is -2.38. The van der Waals surface area contributed by atoms with Gasteiger partial charge >= 0.3 is 0 Å². The number of aliphatic hydroxyl groups excluding tert-OH is 1. The molecule has 13 heavy (non-hydrogen) atoms. The Morgan fingerprint density at radius 2 is 1.85 bits per heavy atom. The van der Waals surface area contributed by atoms with Crippen molar-refractivity contribution < 1.29 is 5.11 Å². The molecule has 0 amide bonds. The fourth-order valence-electron chi connectivity index (χ4n) is 2.67. The normalized spacial score (nSPS) is 38.3. The van der Waals surface area contributed by atoms with Gasteiger partial charge in [0.2, 0.25) is 0 Å². The average Bonchev–Trinajstić information content (AvgIpc) is 2.16. The molecule has 1 saturated carbocycles. The van der Waals surface area contributed by atoms with E-state index in [0.29, 0.717) is 0 Å². The van der Waals surface area contributed by atoms with Crippen LogP contribution in [-0.4, -0.2) is 35.7 Å². The Bertz CT molecular complexity index is 167. The molecule has 0 aromatic rings. The lowest BCUT2D eigenvalue weighted by atomic mass is 9.78. The third-order valence-electron chi connectivity index (χ3n) is 3.87. The van der Waals surface area contributed by atoms with E-state index in [1.807, 2.05) is 0 Å². The molecule has 0 spiro atoms. The lowest BCUT2D eigenvalue weighted by Crippen LogP contribution is -2.40. The first-order chi connectivity index (χ1) is 6.27. The predicted molar refractivity (Wildman–Crippen MR) is 53.6 cm³/mol. The number of aliphatic hydroxyl groups is 1. The molecule has 2 aliphatic rings. The first kappa shape index (κ1) is 9.47. The van der Waals surface area contributed by atoms with Gasteiger partial charge < -0.3 is 10.0 Å². The summed E-state index contributed by atoms with van der Waals surface area (Å²) in [6.07, 6.45) is 7.44. The molecule has 0 bridgehead atoms. The number of hydrogen-bond donors (Lipinski definition) is 1. The van der Waals surface area contributed by atoms with Crippen LogP contribution in [0, 0.1) is 5.92 Å². The van der Waals surface area contributed by atoms with Crippen LogP contribution in [0.15, 0.2) is 0 Å². The zero-order chi connectivity index (χ0) is 9.26. The maximum absolute atomic E-state index is 9.57. The van der Waals surface area contributed by atoms with E-state index >= 15 is 0 Å². The van der Waals surface area contributed by atoms with Crippen LogP contribution < -0.4 is 0 Å². The Balaban J connectivity index is 1.91. The number of nitrogens with zero attached hydrogens (tertiary/aromatic N) is 1. The molecule has 2 heteroatoms. The third kappa shape index (κ3) is 2.05. The summed E-state index contributed by atoms with van der Waals surface area (Å²) in [7, 11) is 2.22. The van der Waals surface area contributed by atoms with E-state index in [1.54, 1.807) is 0 Å². The first-order valence-corrected chi connectivity index (χ1v) is 5.65. The lowest BCUT2D eigenvalue weighted by molar-refractivity contribution is 0.120. The van der Waals surface area contributed by atoms with E-state index in [9.17, 15) is 5.11 Å². The molecule has 1 heterocycles. The summed E-state index contributed by atoms with van der Waals surface area (Å²) >= 11 is 0. The first-order valence-electron chi connectivity index (χ1n) is 5.65. The maximum Gasteiger partial charge on any atom is 0.0553 e. The molecule has 76 valence electrons. The largest absolute Gasteiger partial charge is 0.393 e. The number of likely N-dealkylation sites (tertiary alicyclic amines) is 1. The Morgan fingerprint density at radius 3 is 2.46 bits per heavy atom. The van der Waals surface area contributed by atoms with Gasteiger partial charge in [-0.05, 0) is 45.1 Å². The second kappa shape index (κ2) is 3.97. The fraction of sp³-hybridized carbons (Fsp3) is 1.00. The predicted octanol–water partition coefficient (Wildman–Crippen LogP) is 1.63. The maximum atomic E-state index is 9.57. The average molecular weight is 183 g/mol. The van der Waals surface area contributed by atoms with E-state index in [1.165, 1.54) is 25.7 Å². The van der Waals surface area contributed by atoms with Crippen LogP contribution in [0.25, 0.3) is 0 Å². The van der Waals surface area contributed by atoms with Gasteiger partial charge in [0.15, 0.2) is 0 Å². The summed E-state index contributed by atoms with van der Waals surface area (Å²) in [6.45, 7) is 1.09. The van der Waals surface area contributed by atoms with Crippen LogP contribution in [0.2, 0.25) is 0 Å². The molecule has 2 fully saturated rings. The topological polar surface area (TPSA) is 23.5 Å². The summed E-state index contributed by atoms with van der Waals surface area (Å²) in [4.78, 5) is 2.47. The van der Waals surface area contributed by atoms with Crippen LogP contribution in [0.1, 0.15) is 38.5 Å². The quantitative estimate of drug-likeness (QED) is 0.668. The molecule has 1 aliphatic heterocycles. The van der Waals surface area contributed by atoms with Crippen LogP contribution in [0.5, 0.6) is 0 Å². The van der Waals surface area contributed by atoms with Gasteiger partial charge in [-0.2, -0.15) is 0 Å². The minimum absolute atomic E-state index is 0.0347. The molecule has 1 N–H and O–H groups in total. The molecule has 2 nitrogen and oxygen atoms in total. The summed E-state index contributed by atoms with van der Waals surface area (Å²) in [5.74, 6) is 0.940. The van der Waals surface area contributed by atoms with Crippen molar-refractivity contribution >= 4 is 0 Å². The molecule has 1 aliphatic carbocycles. The van der Waals surface area contributed by atoms with Gasteiger partial charge in [-0.3, -0.25) is 0 Å². The Morgan fingerprint density at radius 1 is 1.08 bits per heavy atom. The van der Waals surface area contributed by atoms with Crippen LogP contribution in [0.4, 0.5) is 0 Å². The van der Waals surface area contributed by atoms with E-state index in [0.717, 1.165) is 31.3 Å². The smallest absolute Gasteiger partial charge is 0.0553 e. The van der Waals surface area contributed by atoms with Crippen LogP contribution >= 0.6 is 0 Å². The Labute approximate surface area is 80.9 Å². The number of rotatable bonds is 1. The van der Waals surface area contributed by atoms with Gasteiger partial charge in [-0.15, -0.1) is 0 Å². The van der Waals surface area contributed by atoms with E-state index in [-0.39, 0.29) is 6.10 Å². The highest BCUT2D eigenvalue weighted by Crippen LogP contribution is 2.35. The third-order valence-corrected chi connectivity index (χ3v) is 3.87. The van der Waals surface area contributed by atoms with Crippen molar-refractivity contribution in [3.63, 3.8) is 0 Å². The highest BCUT2D eigenvalue weighted by atomic mass is 16.3. The van der Waals surface area contributed by atoms with E-state index in [4.69, 9.17) is 0 Å². The minimum atomic E-state index is -0.0347. The van der Waals surface area contributed by atoms with Crippen molar-refractivity contribution in [1.29, 1.82) is 0 Å². The fourth-order valence-corrected chi connectivity index (χ4v) is 2.67. The van der Waals surface area contributed by atoms with Crippen molar-refractivity contribution in [1.82, 2.24) is 4.90 Å². The van der Waals surface area contributed by atoms with Crippen molar-refractivity contribution in [3.8, 4) is 0 Å². The van der Waals surface area contributed by atoms with Gasteiger partial charge in [-0.25, -0.2) is 0 Å². The molecule has 0 radical (unpaired) electrons. The molecular weight excluding hydrogens is 162 g/mol. The summed E-state index contributed by atoms with van der Waals surface area (Å²) in [5.41, 5.74) is 0. The standard InChI is InChI=1S/C11H21NO/c1-12-8-7-10(13)5-6-11(12)9-3-2-4-9/h9-11,13H,2-8H2,1H3. The second-order valence-corrected chi connectivity index (χ2v) is 4.76. The highest BCUT2D eigenvalue weighted by Gasteiger charge is 2.31. The molecule has 2 atom stereocenters. The van der Waals surface area contributed by atoms with Gasteiger partial charge in [0.05, 0.1) is 6.10 Å². The summed E-state index contributed by atoms with van der Waals surface area (Å²) < 4.78 is 0.